The van der Waals surface area contributed by atoms with Crippen molar-refractivity contribution in [1.82, 2.24) is 4.98 Å². The number of nitrogens with zero attached hydrogens (tertiary/aromatic N) is 2. The largest absolute Gasteiger partial charge is 0.461 e. The van der Waals surface area contributed by atoms with Crippen LogP contribution in [0.15, 0.2) is 48.5 Å². The van der Waals surface area contributed by atoms with E-state index >= 15 is 0 Å². The predicted molar refractivity (Wildman–Crippen MR) is 78.7 cm³/mol. The molecule has 0 spiro atoms. The number of rotatable bonds is 5. The van der Waals surface area contributed by atoms with Gasteiger partial charge in [-0.3, -0.25) is 0 Å². The monoisotopic (exact) mass is 270 g/mol. The SMILES string of the molecule is CCOC(=O)c1cccc(N(C)Cc2ccccc2)n1. The highest BCUT2D eigenvalue weighted by atomic mass is 16.5. The van der Waals surface area contributed by atoms with E-state index in [9.17, 15) is 4.79 Å². The summed E-state index contributed by atoms with van der Waals surface area (Å²) in [6.07, 6.45) is 0. The Morgan fingerprint density at radius 2 is 1.90 bits per heavy atom. The summed E-state index contributed by atoms with van der Waals surface area (Å²) in [7, 11) is 1.95. The zero-order valence-electron chi connectivity index (χ0n) is 11.7. The molecule has 0 saturated heterocycles. The van der Waals surface area contributed by atoms with Crippen LogP contribution in [0.4, 0.5) is 5.82 Å². The molecular weight excluding hydrogens is 252 g/mol. The zero-order chi connectivity index (χ0) is 14.4. The molecule has 0 aliphatic heterocycles. The highest BCUT2D eigenvalue weighted by Gasteiger charge is 2.10. The number of anilines is 1. The highest BCUT2D eigenvalue weighted by Crippen LogP contribution is 2.13. The van der Waals surface area contributed by atoms with Crippen LogP contribution in [-0.2, 0) is 11.3 Å². The zero-order valence-corrected chi connectivity index (χ0v) is 11.7. The van der Waals surface area contributed by atoms with E-state index in [0.29, 0.717) is 12.3 Å². The van der Waals surface area contributed by atoms with E-state index in [1.165, 1.54) is 5.56 Å². The molecule has 0 radical (unpaired) electrons. The van der Waals surface area contributed by atoms with Crippen molar-refractivity contribution >= 4 is 11.8 Å². The van der Waals surface area contributed by atoms with Crippen LogP contribution in [0.5, 0.6) is 0 Å². The van der Waals surface area contributed by atoms with E-state index in [0.717, 1.165) is 12.4 Å². The minimum atomic E-state index is -0.387. The molecule has 0 unspecified atom stereocenters. The van der Waals surface area contributed by atoms with Crippen LogP contribution < -0.4 is 4.90 Å². The Bertz CT molecular complexity index is 570. The molecule has 0 fully saturated rings. The molecule has 1 aromatic carbocycles. The minimum Gasteiger partial charge on any atom is -0.461 e. The summed E-state index contributed by atoms with van der Waals surface area (Å²) in [4.78, 5) is 18.0. The molecule has 4 nitrogen and oxygen atoms in total. The van der Waals surface area contributed by atoms with Crippen molar-refractivity contribution in [1.29, 1.82) is 0 Å². The molecule has 0 amide bonds. The quantitative estimate of drug-likeness (QED) is 0.783. The minimum absolute atomic E-state index is 0.337. The lowest BCUT2D eigenvalue weighted by Crippen LogP contribution is -2.19. The van der Waals surface area contributed by atoms with E-state index in [1.54, 1.807) is 13.0 Å². The number of esters is 1. The van der Waals surface area contributed by atoms with Crippen LogP contribution in [0, 0.1) is 0 Å². The van der Waals surface area contributed by atoms with Gasteiger partial charge in [0.1, 0.15) is 5.82 Å². The lowest BCUT2D eigenvalue weighted by Gasteiger charge is -2.18. The third-order valence-electron chi connectivity index (χ3n) is 2.87. The molecule has 0 atom stereocenters. The van der Waals surface area contributed by atoms with Gasteiger partial charge in [0.2, 0.25) is 0 Å². The molecule has 0 aliphatic rings. The van der Waals surface area contributed by atoms with Gasteiger partial charge in [0.05, 0.1) is 6.61 Å². The number of hydrogen-bond donors (Lipinski definition) is 0. The summed E-state index contributed by atoms with van der Waals surface area (Å²) in [6.45, 7) is 2.87. The maximum absolute atomic E-state index is 11.7. The van der Waals surface area contributed by atoms with Crippen LogP contribution in [0.3, 0.4) is 0 Å². The second-order valence-electron chi connectivity index (χ2n) is 4.44. The average molecular weight is 270 g/mol. The summed E-state index contributed by atoms with van der Waals surface area (Å²) < 4.78 is 4.96. The molecule has 0 bridgehead atoms. The standard InChI is InChI=1S/C16H18N2O2/c1-3-20-16(19)14-10-7-11-15(17-14)18(2)12-13-8-5-4-6-9-13/h4-11H,3,12H2,1-2H3. The third kappa shape index (κ3) is 3.57. The number of carbonyl (C=O) groups is 1. The topological polar surface area (TPSA) is 42.4 Å². The Labute approximate surface area is 119 Å². The Kier molecular flexibility index (Phi) is 4.71. The molecule has 4 heteroatoms. The fourth-order valence-corrected chi connectivity index (χ4v) is 1.89. The summed E-state index contributed by atoms with van der Waals surface area (Å²) in [5.41, 5.74) is 1.53. The molecular formula is C16H18N2O2. The van der Waals surface area contributed by atoms with Crippen LogP contribution in [0.2, 0.25) is 0 Å². The van der Waals surface area contributed by atoms with E-state index < -0.39 is 0 Å². The molecule has 2 aromatic rings. The van der Waals surface area contributed by atoms with Crippen molar-refractivity contribution in [2.24, 2.45) is 0 Å². The van der Waals surface area contributed by atoms with Gasteiger partial charge in [-0.15, -0.1) is 0 Å². The van der Waals surface area contributed by atoms with E-state index in [-0.39, 0.29) is 5.97 Å². The van der Waals surface area contributed by atoms with Gasteiger partial charge in [0, 0.05) is 13.6 Å². The van der Waals surface area contributed by atoms with Crippen molar-refractivity contribution < 1.29 is 9.53 Å². The smallest absolute Gasteiger partial charge is 0.356 e. The van der Waals surface area contributed by atoms with Gasteiger partial charge in [-0.1, -0.05) is 36.4 Å². The fraction of sp³-hybridized carbons (Fsp3) is 0.250. The van der Waals surface area contributed by atoms with Gasteiger partial charge < -0.3 is 9.64 Å². The Hall–Kier alpha value is -2.36. The van der Waals surface area contributed by atoms with Crippen molar-refractivity contribution in [2.75, 3.05) is 18.6 Å². The molecule has 1 heterocycles. The van der Waals surface area contributed by atoms with Crippen LogP contribution in [0.1, 0.15) is 23.0 Å². The second-order valence-corrected chi connectivity index (χ2v) is 4.44. The lowest BCUT2D eigenvalue weighted by atomic mass is 10.2. The van der Waals surface area contributed by atoms with Gasteiger partial charge >= 0.3 is 5.97 Å². The number of hydrogen-bond acceptors (Lipinski definition) is 4. The maximum Gasteiger partial charge on any atom is 0.356 e. The van der Waals surface area contributed by atoms with Crippen LogP contribution in [0.25, 0.3) is 0 Å². The van der Waals surface area contributed by atoms with Gasteiger partial charge in [-0.25, -0.2) is 9.78 Å². The van der Waals surface area contributed by atoms with Gasteiger partial charge in [-0.05, 0) is 24.6 Å². The van der Waals surface area contributed by atoms with Crippen molar-refractivity contribution in [3.8, 4) is 0 Å². The van der Waals surface area contributed by atoms with Crippen molar-refractivity contribution in [3.05, 3.63) is 59.8 Å². The predicted octanol–water partition coefficient (Wildman–Crippen LogP) is 2.89. The average Bonchev–Trinajstić information content (AvgIpc) is 2.48. The molecule has 0 saturated carbocycles. The number of aromatic nitrogens is 1. The molecule has 2 rings (SSSR count). The number of pyridine rings is 1. The summed E-state index contributed by atoms with van der Waals surface area (Å²) in [5, 5.41) is 0. The lowest BCUT2D eigenvalue weighted by molar-refractivity contribution is 0.0519. The third-order valence-corrected chi connectivity index (χ3v) is 2.87. The highest BCUT2D eigenvalue weighted by molar-refractivity contribution is 5.87. The first kappa shape index (κ1) is 14.1. The molecule has 104 valence electrons. The number of carbonyl (C=O) groups excluding carboxylic acids is 1. The fourth-order valence-electron chi connectivity index (χ4n) is 1.89. The summed E-state index contributed by atoms with van der Waals surface area (Å²) >= 11 is 0. The molecule has 0 N–H and O–H groups in total. The normalized spacial score (nSPS) is 10.1. The number of ether oxygens (including phenoxy) is 1. The van der Waals surface area contributed by atoms with Crippen LogP contribution in [-0.4, -0.2) is 24.6 Å². The maximum atomic E-state index is 11.7. The van der Waals surface area contributed by atoms with Gasteiger partial charge in [0.25, 0.3) is 0 Å². The first-order chi connectivity index (χ1) is 9.70. The second kappa shape index (κ2) is 6.70. The van der Waals surface area contributed by atoms with Gasteiger partial charge in [0.15, 0.2) is 5.69 Å². The summed E-state index contributed by atoms with van der Waals surface area (Å²) in [6, 6.07) is 15.5. The first-order valence-corrected chi connectivity index (χ1v) is 6.60. The van der Waals surface area contributed by atoms with E-state index in [2.05, 4.69) is 17.1 Å². The Morgan fingerprint density at radius 1 is 1.15 bits per heavy atom. The summed E-state index contributed by atoms with van der Waals surface area (Å²) in [5.74, 6) is 0.363. The van der Waals surface area contributed by atoms with Crippen molar-refractivity contribution in [2.45, 2.75) is 13.5 Å². The Balaban J connectivity index is 2.12. The van der Waals surface area contributed by atoms with Gasteiger partial charge in [-0.2, -0.15) is 0 Å². The first-order valence-electron chi connectivity index (χ1n) is 6.60. The molecule has 20 heavy (non-hydrogen) atoms. The Morgan fingerprint density at radius 3 is 2.60 bits per heavy atom. The van der Waals surface area contributed by atoms with E-state index in [1.807, 2.05) is 42.3 Å². The van der Waals surface area contributed by atoms with Crippen molar-refractivity contribution in [3.63, 3.8) is 0 Å². The molecule has 1 aromatic heterocycles. The van der Waals surface area contributed by atoms with Crippen LogP contribution >= 0.6 is 0 Å². The van der Waals surface area contributed by atoms with E-state index in [4.69, 9.17) is 4.74 Å². The molecule has 0 aliphatic carbocycles. The number of benzene rings is 1.